The number of nitrogens with two attached hydrogens (primary N) is 1. The van der Waals surface area contributed by atoms with E-state index in [-0.39, 0.29) is 17.0 Å². The summed E-state index contributed by atoms with van der Waals surface area (Å²) in [5.74, 6) is 0. The first-order valence-electron chi connectivity index (χ1n) is 4.08. The number of halogens is 1. The van der Waals surface area contributed by atoms with Crippen LogP contribution >= 0.6 is 10.7 Å². The number of nitriles is 1. The van der Waals surface area contributed by atoms with E-state index in [2.05, 4.69) is 0 Å². The van der Waals surface area contributed by atoms with E-state index in [4.69, 9.17) is 21.7 Å². The van der Waals surface area contributed by atoms with Gasteiger partial charge in [-0.3, -0.25) is 0 Å². The molecule has 4 nitrogen and oxygen atoms in total. The topological polar surface area (TPSA) is 83.9 Å². The van der Waals surface area contributed by atoms with Crippen LogP contribution in [0, 0.1) is 18.3 Å². The molecule has 0 amide bonds. The largest absolute Gasteiger partial charge is 0.326 e. The molecule has 15 heavy (non-hydrogen) atoms. The molecule has 0 atom stereocenters. The summed E-state index contributed by atoms with van der Waals surface area (Å²) in [5.41, 5.74) is 6.58. The minimum absolute atomic E-state index is 0.0522. The van der Waals surface area contributed by atoms with Crippen molar-refractivity contribution in [2.45, 2.75) is 18.4 Å². The van der Waals surface area contributed by atoms with E-state index in [1.165, 1.54) is 13.0 Å². The first-order valence-corrected chi connectivity index (χ1v) is 6.39. The Morgan fingerprint density at radius 1 is 1.53 bits per heavy atom. The monoisotopic (exact) mass is 244 g/mol. The van der Waals surface area contributed by atoms with Crippen molar-refractivity contribution >= 4 is 19.7 Å². The highest BCUT2D eigenvalue weighted by Gasteiger charge is 2.17. The predicted molar refractivity (Wildman–Crippen MR) is 56.8 cm³/mol. The van der Waals surface area contributed by atoms with Gasteiger partial charge in [0.15, 0.2) is 0 Å². The molecule has 0 aromatic heterocycles. The van der Waals surface area contributed by atoms with Crippen LogP contribution in [0.1, 0.15) is 16.7 Å². The molecular formula is C9H9ClN2O2S. The molecule has 1 rings (SSSR count). The molecule has 1 aromatic rings. The zero-order valence-corrected chi connectivity index (χ0v) is 9.56. The zero-order valence-electron chi connectivity index (χ0n) is 7.99. The van der Waals surface area contributed by atoms with Crippen molar-refractivity contribution in [3.05, 3.63) is 28.8 Å². The van der Waals surface area contributed by atoms with Gasteiger partial charge in [0.2, 0.25) is 0 Å². The fraction of sp³-hybridized carbons (Fsp3) is 0.222. The maximum absolute atomic E-state index is 11.2. The molecule has 0 fully saturated rings. The number of hydrogen-bond donors (Lipinski definition) is 1. The van der Waals surface area contributed by atoms with E-state index in [0.717, 1.165) is 0 Å². The maximum atomic E-state index is 11.2. The Hall–Kier alpha value is -1.09. The van der Waals surface area contributed by atoms with Crippen molar-refractivity contribution in [3.63, 3.8) is 0 Å². The average Bonchev–Trinajstić information content (AvgIpc) is 2.16. The van der Waals surface area contributed by atoms with Crippen LogP contribution in [0.15, 0.2) is 17.0 Å². The summed E-state index contributed by atoms with van der Waals surface area (Å²) in [6.45, 7) is 1.70. The number of rotatable bonds is 2. The Morgan fingerprint density at radius 3 is 2.53 bits per heavy atom. The molecular weight excluding hydrogens is 236 g/mol. The molecule has 0 aliphatic carbocycles. The van der Waals surface area contributed by atoms with Gasteiger partial charge in [0.25, 0.3) is 9.05 Å². The van der Waals surface area contributed by atoms with Crippen molar-refractivity contribution < 1.29 is 8.42 Å². The lowest BCUT2D eigenvalue weighted by atomic mass is 10.1. The van der Waals surface area contributed by atoms with E-state index in [1.807, 2.05) is 6.07 Å². The van der Waals surface area contributed by atoms with Gasteiger partial charge in [-0.2, -0.15) is 5.26 Å². The summed E-state index contributed by atoms with van der Waals surface area (Å²) in [6, 6.07) is 4.85. The van der Waals surface area contributed by atoms with Crippen molar-refractivity contribution in [2.24, 2.45) is 5.73 Å². The quantitative estimate of drug-likeness (QED) is 0.794. The van der Waals surface area contributed by atoms with E-state index < -0.39 is 9.05 Å². The molecule has 0 aliphatic heterocycles. The van der Waals surface area contributed by atoms with Crippen molar-refractivity contribution in [2.75, 3.05) is 0 Å². The van der Waals surface area contributed by atoms with Gasteiger partial charge in [-0.05, 0) is 30.2 Å². The van der Waals surface area contributed by atoms with Crippen LogP contribution in [0.2, 0.25) is 0 Å². The fourth-order valence-electron chi connectivity index (χ4n) is 1.23. The lowest BCUT2D eigenvalue weighted by molar-refractivity contribution is 0.609. The molecule has 0 unspecified atom stereocenters. The molecule has 0 saturated heterocycles. The van der Waals surface area contributed by atoms with Crippen LogP contribution in [-0.4, -0.2) is 8.42 Å². The highest BCUT2D eigenvalue weighted by Crippen LogP contribution is 2.24. The van der Waals surface area contributed by atoms with Gasteiger partial charge in [0.1, 0.15) is 0 Å². The van der Waals surface area contributed by atoms with Gasteiger partial charge in [0.05, 0.1) is 16.5 Å². The molecule has 1 aromatic carbocycles. The molecule has 2 N–H and O–H groups in total. The lowest BCUT2D eigenvalue weighted by Crippen LogP contribution is -2.03. The minimum Gasteiger partial charge on any atom is -0.326 e. The highest BCUT2D eigenvalue weighted by atomic mass is 35.7. The standard InChI is InChI=1S/C9H9ClN2O2S/c1-6-8(5-12)2-7(4-11)3-9(6)15(10,13)14/h2-3H,4,11H2,1H3. The Bertz CT molecular complexity index is 532. The van der Waals surface area contributed by atoms with E-state index >= 15 is 0 Å². The Labute approximate surface area is 92.7 Å². The summed E-state index contributed by atoms with van der Waals surface area (Å²) in [5, 5.41) is 8.80. The fourth-order valence-corrected chi connectivity index (χ4v) is 2.48. The van der Waals surface area contributed by atoms with Crippen molar-refractivity contribution in [3.8, 4) is 6.07 Å². The highest BCUT2D eigenvalue weighted by molar-refractivity contribution is 8.13. The van der Waals surface area contributed by atoms with Crippen molar-refractivity contribution in [1.29, 1.82) is 5.26 Å². The van der Waals surface area contributed by atoms with Gasteiger partial charge in [-0.25, -0.2) is 8.42 Å². The molecule has 0 aliphatic rings. The van der Waals surface area contributed by atoms with Crippen LogP contribution in [0.4, 0.5) is 0 Å². The van der Waals surface area contributed by atoms with Crippen LogP contribution in [0.3, 0.4) is 0 Å². The molecule has 0 bridgehead atoms. The van der Waals surface area contributed by atoms with Gasteiger partial charge in [0, 0.05) is 17.2 Å². The van der Waals surface area contributed by atoms with Gasteiger partial charge >= 0.3 is 0 Å². The second kappa shape index (κ2) is 4.19. The van der Waals surface area contributed by atoms with Crippen LogP contribution in [0.25, 0.3) is 0 Å². The van der Waals surface area contributed by atoms with E-state index in [1.54, 1.807) is 6.07 Å². The molecule has 0 radical (unpaired) electrons. The van der Waals surface area contributed by atoms with Crippen LogP contribution < -0.4 is 5.73 Å². The second-order valence-electron chi connectivity index (χ2n) is 3.02. The SMILES string of the molecule is Cc1c(C#N)cc(CN)cc1S(=O)(=O)Cl. The third kappa shape index (κ3) is 2.48. The Morgan fingerprint density at radius 2 is 2.13 bits per heavy atom. The molecule has 80 valence electrons. The van der Waals surface area contributed by atoms with Crippen LogP contribution in [0.5, 0.6) is 0 Å². The number of hydrogen-bond acceptors (Lipinski definition) is 4. The summed E-state index contributed by atoms with van der Waals surface area (Å²) >= 11 is 0. The first kappa shape index (κ1) is 12.0. The summed E-state index contributed by atoms with van der Waals surface area (Å²) in [7, 11) is 1.41. The second-order valence-corrected chi connectivity index (χ2v) is 5.55. The molecule has 6 heteroatoms. The summed E-state index contributed by atoms with van der Waals surface area (Å²) in [4.78, 5) is -0.0522. The molecule has 0 spiro atoms. The Kier molecular flexibility index (Phi) is 3.35. The van der Waals surface area contributed by atoms with Crippen LogP contribution in [-0.2, 0) is 15.6 Å². The lowest BCUT2D eigenvalue weighted by Gasteiger charge is -2.06. The normalized spacial score (nSPS) is 11.1. The van der Waals surface area contributed by atoms with Gasteiger partial charge < -0.3 is 5.73 Å². The maximum Gasteiger partial charge on any atom is 0.261 e. The third-order valence-corrected chi connectivity index (χ3v) is 3.49. The number of benzene rings is 1. The third-order valence-electron chi connectivity index (χ3n) is 2.04. The smallest absolute Gasteiger partial charge is 0.261 e. The minimum atomic E-state index is -3.83. The average molecular weight is 245 g/mol. The van der Waals surface area contributed by atoms with Gasteiger partial charge in [-0.1, -0.05) is 0 Å². The first-order chi connectivity index (χ1) is 6.90. The molecule has 0 heterocycles. The summed E-state index contributed by atoms with van der Waals surface area (Å²) < 4.78 is 22.4. The van der Waals surface area contributed by atoms with E-state index in [0.29, 0.717) is 11.1 Å². The van der Waals surface area contributed by atoms with E-state index in [9.17, 15) is 8.42 Å². The Balaban J connectivity index is 3.61. The molecule has 0 saturated carbocycles. The zero-order chi connectivity index (χ0) is 11.6. The van der Waals surface area contributed by atoms with Gasteiger partial charge in [-0.15, -0.1) is 0 Å². The van der Waals surface area contributed by atoms with Crippen molar-refractivity contribution in [1.82, 2.24) is 0 Å². The predicted octanol–water partition coefficient (Wildman–Crippen LogP) is 1.25. The number of nitrogens with zero attached hydrogens (tertiary/aromatic N) is 1. The summed E-state index contributed by atoms with van der Waals surface area (Å²) in [6.07, 6.45) is 0.